The van der Waals surface area contributed by atoms with Gasteiger partial charge >= 0.3 is 0 Å². The summed E-state index contributed by atoms with van der Waals surface area (Å²) in [5.41, 5.74) is 0. The van der Waals surface area contributed by atoms with Gasteiger partial charge in [-0.05, 0) is 5.92 Å². The molecule has 68 valence electrons. The Morgan fingerprint density at radius 2 is 1.36 bits per heavy atom. The van der Waals surface area contributed by atoms with E-state index < -0.39 is 0 Å². The number of unbranched alkanes of at least 4 members (excludes halogenated alkanes) is 1. The van der Waals surface area contributed by atoms with Crippen LogP contribution in [0.1, 0.15) is 65.7 Å². The highest BCUT2D eigenvalue weighted by Gasteiger charge is 2.11. The van der Waals surface area contributed by atoms with Crippen LogP contribution in [0.2, 0.25) is 0 Å². The van der Waals surface area contributed by atoms with Crippen LogP contribution in [0.4, 0.5) is 0 Å². The Labute approximate surface area is 72.4 Å². The zero-order valence-corrected chi connectivity index (χ0v) is 8.53. The Hall–Kier alpha value is 0. The van der Waals surface area contributed by atoms with E-state index in [2.05, 4.69) is 20.8 Å². The number of hydrogen-bond acceptors (Lipinski definition) is 0. The first-order valence-corrected chi connectivity index (χ1v) is 5.35. The zero-order chi connectivity index (χ0) is 8.53. The van der Waals surface area contributed by atoms with Gasteiger partial charge in [0.25, 0.3) is 0 Å². The molecule has 0 aromatic heterocycles. The Balaban J connectivity index is 0.000000218. The van der Waals surface area contributed by atoms with Gasteiger partial charge in [-0.2, -0.15) is 0 Å². The molecule has 11 heavy (non-hydrogen) atoms. The van der Waals surface area contributed by atoms with E-state index in [4.69, 9.17) is 0 Å². The molecule has 0 aromatic rings. The lowest BCUT2D eigenvalue weighted by atomic mass is 10.1. The monoisotopic (exact) mass is 156 g/mol. The summed E-state index contributed by atoms with van der Waals surface area (Å²) in [5, 5.41) is 0. The van der Waals surface area contributed by atoms with Crippen molar-refractivity contribution < 1.29 is 0 Å². The summed E-state index contributed by atoms with van der Waals surface area (Å²) in [6.45, 7) is 6.66. The van der Waals surface area contributed by atoms with Crippen LogP contribution in [0.25, 0.3) is 0 Å². The van der Waals surface area contributed by atoms with Crippen LogP contribution in [0.5, 0.6) is 0 Å². The van der Waals surface area contributed by atoms with E-state index in [9.17, 15) is 0 Å². The van der Waals surface area contributed by atoms with Crippen LogP contribution in [-0.4, -0.2) is 0 Å². The van der Waals surface area contributed by atoms with Crippen molar-refractivity contribution in [2.24, 2.45) is 5.92 Å². The second kappa shape index (κ2) is 8.10. The maximum Gasteiger partial charge on any atom is -0.0417 e. The van der Waals surface area contributed by atoms with E-state index in [-0.39, 0.29) is 0 Å². The first kappa shape index (κ1) is 11.0. The molecule has 0 nitrogen and oxygen atoms in total. The van der Waals surface area contributed by atoms with Crippen LogP contribution in [-0.2, 0) is 0 Å². The van der Waals surface area contributed by atoms with Crippen molar-refractivity contribution in [2.75, 3.05) is 0 Å². The molecule has 0 unspecified atom stereocenters. The summed E-state index contributed by atoms with van der Waals surface area (Å²) in [4.78, 5) is 0. The maximum atomic E-state index is 2.30. The van der Waals surface area contributed by atoms with Crippen LogP contribution in [0.15, 0.2) is 0 Å². The average Bonchev–Trinajstić information content (AvgIpc) is 2.56. The van der Waals surface area contributed by atoms with Gasteiger partial charge in [-0.25, -0.2) is 0 Å². The largest absolute Gasteiger partial charge is 0.0654 e. The van der Waals surface area contributed by atoms with Gasteiger partial charge in [0.1, 0.15) is 0 Å². The van der Waals surface area contributed by atoms with Gasteiger partial charge in [-0.15, -0.1) is 0 Å². The van der Waals surface area contributed by atoms with E-state index in [0.717, 1.165) is 5.92 Å². The molecule has 0 bridgehead atoms. The van der Waals surface area contributed by atoms with Crippen LogP contribution in [0.3, 0.4) is 0 Å². The quantitative estimate of drug-likeness (QED) is 0.556. The first-order valence-electron chi connectivity index (χ1n) is 5.35. The van der Waals surface area contributed by atoms with Crippen molar-refractivity contribution in [2.45, 2.75) is 65.7 Å². The number of rotatable bonds is 2. The minimum Gasteiger partial charge on any atom is -0.0654 e. The maximum absolute atomic E-state index is 2.30. The standard InChI is InChI=1S/C7H14.C4H10/c1-2-7-5-3-4-6-7;1-3-4-2/h7H,2-6H2,1H3;3-4H2,1-2H3. The molecule has 1 saturated carbocycles. The van der Waals surface area contributed by atoms with E-state index in [0.29, 0.717) is 0 Å². The first-order chi connectivity index (χ1) is 5.35. The third-order valence-electron chi connectivity index (χ3n) is 2.55. The van der Waals surface area contributed by atoms with Gasteiger partial charge in [-0.3, -0.25) is 0 Å². The molecular weight excluding hydrogens is 132 g/mol. The normalized spacial score (nSPS) is 17.7. The lowest BCUT2D eigenvalue weighted by Gasteiger charge is -1.99. The lowest BCUT2D eigenvalue weighted by molar-refractivity contribution is 0.531. The van der Waals surface area contributed by atoms with Gasteiger partial charge in [-0.1, -0.05) is 65.7 Å². The fourth-order valence-electron chi connectivity index (χ4n) is 1.42. The predicted molar refractivity (Wildman–Crippen MR) is 52.8 cm³/mol. The van der Waals surface area contributed by atoms with Crippen LogP contribution >= 0.6 is 0 Å². The van der Waals surface area contributed by atoms with Gasteiger partial charge in [0.05, 0.1) is 0 Å². The van der Waals surface area contributed by atoms with Crippen molar-refractivity contribution >= 4 is 0 Å². The Morgan fingerprint density at radius 1 is 0.909 bits per heavy atom. The molecule has 1 aliphatic rings. The topological polar surface area (TPSA) is 0 Å². The SMILES string of the molecule is CCC1CCCC1.CCCC. The van der Waals surface area contributed by atoms with Crippen LogP contribution < -0.4 is 0 Å². The molecule has 0 saturated heterocycles. The minimum atomic E-state index is 1.10. The van der Waals surface area contributed by atoms with Crippen molar-refractivity contribution in [3.8, 4) is 0 Å². The highest BCUT2D eigenvalue weighted by atomic mass is 14.2. The summed E-state index contributed by atoms with van der Waals surface area (Å²) in [7, 11) is 0. The molecule has 1 rings (SSSR count). The molecule has 0 amide bonds. The number of hydrogen-bond donors (Lipinski definition) is 0. The predicted octanol–water partition coefficient (Wildman–Crippen LogP) is 4.39. The second-order valence-electron chi connectivity index (χ2n) is 3.56. The summed E-state index contributed by atoms with van der Waals surface area (Å²) >= 11 is 0. The van der Waals surface area contributed by atoms with Gasteiger partial charge in [0.2, 0.25) is 0 Å². The fourth-order valence-corrected chi connectivity index (χ4v) is 1.42. The van der Waals surface area contributed by atoms with E-state index in [1.54, 1.807) is 0 Å². The second-order valence-corrected chi connectivity index (χ2v) is 3.56. The Morgan fingerprint density at radius 3 is 1.55 bits per heavy atom. The molecular formula is C11H24. The average molecular weight is 156 g/mol. The molecule has 0 radical (unpaired) electrons. The van der Waals surface area contributed by atoms with E-state index in [1.807, 2.05) is 0 Å². The van der Waals surface area contributed by atoms with Crippen molar-refractivity contribution in [3.05, 3.63) is 0 Å². The lowest BCUT2D eigenvalue weighted by Crippen LogP contribution is -1.86. The zero-order valence-electron chi connectivity index (χ0n) is 8.53. The van der Waals surface area contributed by atoms with Gasteiger partial charge in [0.15, 0.2) is 0 Å². The summed E-state index contributed by atoms with van der Waals surface area (Å²) in [6, 6.07) is 0. The van der Waals surface area contributed by atoms with E-state index >= 15 is 0 Å². The molecule has 0 aromatic carbocycles. The summed E-state index contributed by atoms with van der Waals surface area (Å²) < 4.78 is 0. The van der Waals surface area contributed by atoms with Crippen molar-refractivity contribution in [3.63, 3.8) is 0 Å². The molecule has 0 N–H and O–H groups in total. The summed E-state index contributed by atoms with van der Waals surface area (Å²) in [6.07, 6.45) is 10.1. The Bertz CT molecular complexity index is 58.4. The van der Waals surface area contributed by atoms with Gasteiger partial charge < -0.3 is 0 Å². The third-order valence-corrected chi connectivity index (χ3v) is 2.55. The fraction of sp³-hybridized carbons (Fsp3) is 1.00. The molecule has 0 heterocycles. The van der Waals surface area contributed by atoms with Crippen molar-refractivity contribution in [1.29, 1.82) is 0 Å². The van der Waals surface area contributed by atoms with E-state index in [1.165, 1.54) is 44.9 Å². The Kier molecular flexibility index (Phi) is 8.10. The molecule has 1 fully saturated rings. The smallest absolute Gasteiger partial charge is 0.0417 e. The third kappa shape index (κ3) is 6.40. The molecule has 1 aliphatic carbocycles. The van der Waals surface area contributed by atoms with Crippen LogP contribution in [0, 0.1) is 5.92 Å². The minimum absolute atomic E-state index is 1.10. The summed E-state index contributed by atoms with van der Waals surface area (Å²) in [5.74, 6) is 1.10. The highest BCUT2D eigenvalue weighted by molar-refractivity contribution is 4.64. The van der Waals surface area contributed by atoms with Gasteiger partial charge in [0, 0.05) is 0 Å². The molecule has 0 atom stereocenters. The molecule has 0 heteroatoms. The highest BCUT2D eigenvalue weighted by Crippen LogP contribution is 2.26. The molecule has 0 spiro atoms. The van der Waals surface area contributed by atoms with Crippen molar-refractivity contribution in [1.82, 2.24) is 0 Å². The molecule has 0 aliphatic heterocycles.